The SMILES string of the molecule is NC(=O)c1ccc[n+]([C@@H]2O[C@H](COC(=O)[C@@H](N)Cc3c[nH]c4ccccc34)[C@@H](O)[C@H]2O)c1.[Cl-]. The standard InChI is InChI=1S/C22H24N4O6.ClH/c23-15(8-13-9-25-16-6-2-1-5-14(13)16)22(30)31-11-17-18(27)19(28)21(32-17)26-7-3-4-12(10-26)20(24)29;/h1-7,9-10,15,17-19,21,25,27-28H,8,11,23H2,(H-,24,29);1H/t15-,17+,18+,19+,21+;/m0./s1. The molecule has 2 aromatic heterocycles. The molecule has 0 saturated carbocycles. The fourth-order valence-corrected chi connectivity index (χ4v) is 3.80. The number of aromatic amines is 1. The number of aliphatic hydroxyl groups excluding tert-OH is 2. The molecule has 0 radical (unpaired) electrons. The lowest BCUT2D eigenvalue weighted by atomic mass is 10.1. The van der Waals surface area contributed by atoms with Crippen molar-refractivity contribution in [2.75, 3.05) is 6.61 Å². The summed E-state index contributed by atoms with van der Waals surface area (Å²) in [6.45, 7) is -0.286. The number of ether oxygens (including phenoxy) is 2. The van der Waals surface area contributed by atoms with Crippen LogP contribution in [0.25, 0.3) is 10.9 Å². The van der Waals surface area contributed by atoms with Gasteiger partial charge in [0.15, 0.2) is 18.5 Å². The maximum Gasteiger partial charge on any atom is 0.323 e. The van der Waals surface area contributed by atoms with E-state index in [0.29, 0.717) is 0 Å². The summed E-state index contributed by atoms with van der Waals surface area (Å²) in [4.78, 5) is 26.9. The number of carbonyl (C=O) groups is 2. The summed E-state index contributed by atoms with van der Waals surface area (Å²) in [5, 5.41) is 21.7. The lowest BCUT2D eigenvalue weighted by molar-refractivity contribution is -0.765. The number of hydrogen-bond donors (Lipinski definition) is 5. The minimum atomic E-state index is -1.30. The van der Waals surface area contributed by atoms with Crippen LogP contribution in [-0.4, -0.2) is 58.0 Å². The molecule has 1 aliphatic rings. The Morgan fingerprint density at radius 3 is 2.70 bits per heavy atom. The Balaban J connectivity index is 0.00000306. The molecule has 0 aliphatic carbocycles. The van der Waals surface area contributed by atoms with E-state index >= 15 is 0 Å². The van der Waals surface area contributed by atoms with Crippen molar-refractivity contribution in [2.45, 2.75) is 37.0 Å². The number of nitrogens with one attached hydrogen (secondary N) is 1. The zero-order valence-corrected chi connectivity index (χ0v) is 18.3. The average molecular weight is 477 g/mol. The summed E-state index contributed by atoms with van der Waals surface area (Å²) in [6.07, 6.45) is 0.510. The first-order valence-electron chi connectivity index (χ1n) is 10.1. The molecule has 10 nitrogen and oxygen atoms in total. The van der Waals surface area contributed by atoms with E-state index in [9.17, 15) is 19.8 Å². The first-order chi connectivity index (χ1) is 15.3. The number of benzene rings is 1. The lowest BCUT2D eigenvalue weighted by Crippen LogP contribution is -3.00. The second-order valence-corrected chi connectivity index (χ2v) is 7.75. The highest BCUT2D eigenvalue weighted by Crippen LogP contribution is 2.26. The van der Waals surface area contributed by atoms with E-state index in [0.717, 1.165) is 16.5 Å². The van der Waals surface area contributed by atoms with Crippen LogP contribution in [0.5, 0.6) is 0 Å². The summed E-state index contributed by atoms with van der Waals surface area (Å²) in [5.41, 5.74) is 13.4. The minimum Gasteiger partial charge on any atom is -1.00 e. The van der Waals surface area contributed by atoms with Crippen molar-refractivity contribution in [3.8, 4) is 0 Å². The fraction of sp³-hybridized carbons (Fsp3) is 0.318. The van der Waals surface area contributed by atoms with Gasteiger partial charge in [0.2, 0.25) is 0 Å². The van der Waals surface area contributed by atoms with Gasteiger partial charge in [0, 0.05) is 29.6 Å². The zero-order chi connectivity index (χ0) is 22.8. The molecule has 0 unspecified atom stereocenters. The summed E-state index contributed by atoms with van der Waals surface area (Å²) in [5.74, 6) is -1.28. The number of primary amides is 1. The number of carbonyl (C=O) groups excluding carboxylic acids is 2. The molecular weight excluding hydrogens is 452 g/mol. The Morgan fingerprint density at radius 1 is 1.18 bits per heavy atom. The van der Waals surface area contributed by atoms with Crippen LogP contribution < -0.4 is 28.4 Å². The van der Waals surface area contributed by atoms with E-state index in [4.69, 9.17) is 20.9 Å². The third-order valence-corrected chi connectivity index (χ3v) is 5.55. The number of rotatable bonds is 7. The molecular formula is C22H25ClN4O6. The van der Waals surface area contributed by atoms with Gasteiger partial charge in [0.1, 0.15) is 30.4 Å². The van der Waals surface area contributed by atoms with Crippen molar-refractivity contribution in [1.29, 1.82) is 0 Å². The largest absolute Gasteiger partial charge is 1.00 e. The molecule has 1 saturated heterocycles. The predicted octanol–water partition coefficient (Wildman–Crippen LogP) is -3.71. The van der Waals surface area contributed by atoms with Gasteiger partial charge in [-0.25, -0.2) is 0 Å². The molecule has 0 bridgehead atoms. The Bertz CT molecular complexity index is 1140. The number of hydrogen-bond acceptors (Lipinski definition) is 7. The molecule has 1 fully saturated rings. The molecule has 33 heavy (non-hydrogen) atoms. The maximum absolute atomic E-state index is 12.4. The van der Waals surface area contributed by atoms with Gasteiger partial charge < -0.3 is 48.5 Å². The van der Waals surface area contributed by atoms with E-state index in [1.165, 1.54) is 16.8 Å². The van der Waals surface area contributed by atoms with Crippen molar-refractivity contribution in [3.05, 3.63) is 66.1 Å². The second kappa shape index (κ2) is 10.3. The third kappa shape index (κ3) is 5.15. The van der Waals surface area contributed by atoms with Crippen molar-refractivity contribution >= 4 is 22.8 Å². The van der Waals surface area contributed by atoms with Crippen LogP contribution in [0.15, 0.2) is 55.0 Å². The van der Waals surface area contributed by atoms with E-state index < -0.39 is 42.5 Å². The number of H-pyrrole nitrogens is 1. The van der Waals surface area contributed by atoms with E-state index in [1.807, 2.05) is 24.3 Å². The van der Waals surface area contributed by atoms with E-state index in [1.54, 1.807) is 18.5 Å². The molecule has 1 amide bonds. The predicted molar refractivity (Wildman–Crippen MR) is 112 cm³/mol. The van der Waals surface area contributed by atoms with Crippen molar-refractivity contribution < 1.29 is 46.2 Å². The average Bonchev–Trinajstić information content (AvgIpc) is 3.33. The fourth-order valence-electron chi connectivity index (χ4n) is 3.80. The Labute approximate surface area is 195 Å². The number of amides is 1. The zero-order valence-electron chi connectivity index (χ0n) is 17.5. The Morgan fingerprint density at radius 2 is 1.94 bits per heavy atom. The van der Waals surface area contributed by atoms with E-state index in [2.05, 4.69) is 4.98 Å². The summed E-state index contributed by atoms with van der Waals surface area (Å²) in [6, 6.07) is 9.86. The summed E-state index contributed by atoms with van der Waals surface area (Å²) in [7, 11) is 0. The lowest BCUT2D eigenvalue weighted by Gasteiger charge is -2.16. The van der Waals surface area contributed by atoms with Gasteiger partial charge in [-0.1, -0.05) is 18.2 Å². The molecule has 3 aromatic rings. The number of esters is 1. The van der Waals surface area contributed by atoms with Crippen molar-refractivity contribution in [2.24, 2.45) is 11.5 Å². The molecule has 176 valence electrons. The third-order valence-electron chi connectivity index (χ3n) is 5.55. The smallest absolute Gasteiger partial charge is 0.323 e. The van der Waals surface area contributed by atoms with Gasteiger partial charge in [0.25, 0.3) is 12.1 Å². The molecule has 0 spiro atoms. The van der Waals surface area contributed by atoms with Gasteiger partial charge in [-0.05, 0) is 17.7 Å². The number of pyridine rings is 1. The summed E-state index contributed by atoms with van der Waals surface area (Å²) < 4.78 is 12.4. The van der Waals surface area contributed by atoms with Crippen molar-refractivity contribution in [3.63, 3.8) is 0 Å². The number of fused-ring (bicyclic) bond motifs is 1. The molecule has 1 aliphatic heterocycles. The van der Waals surface area contributed by atoms with Crippen LogP contribution in [0.1, 0.15) is 22.1 Å². The molecule has 1 aromatic carbocycles. The molecule has 11 heteroatoms. The van der Waals surface area contributed by atoms with Crippen molar-refractivity contribution in [1.82, 2.24) is 4.98 Å². The number of aliphatic hydroxyl groups is 2. The van der Waals surface area contributed by atoms with Crippen LogP contribution in [0, 0.1) is 0 Å². The highest BCUT2D eigenvalue weighted by molar-refractivity contribution is 5.92. The summed E-state index contributed by atoms with van der Waals surface area (Å²) >= 11 is 0. The highest BCUT2D eigenvalue weighted by Gasteiger charge is 2.48. The van der Waals surface area contributed by atoms with Gasteiger partial charge in [0.05, 0.1) is 0 Å². The van der Waals surface area contributed by atoms with Crippen LogP contribution in [-0.2, 0) is 20.7 Å². The number of aromatic nitrogens is 2. The number of nitrogens with zero attached hydrogens (tertiary/aromatic N) is 1. The van der Waals surface area contributed by atoms with Crippen LogP contribution in [0.2, 0.25) is 0 Å². The monoisotopic (exact) mass is 476 g/mol. The topological polar surface area (TPSA) is 165 Å². The number of nitrogens with two attached hydrogens (primary N) is 2. The first-order valence-corrected chi connectivity index (χ1v) is 10.1. The first kappa shape index (κ1) is 24.6. The van der Waals surface area contributed by atoms with Crippen LogP contribution in [0.4, 0.5) is 0 Å². The van der Waals surface area contributed by atoms with Crippen LogP contribution in [0.3, 0.4) is 0 Å². The second-order valence-electron chi connectivity index (χ2n) is 7.75. The molecule has 5 atom stereocenters. The van der Waals surface area contributed by atoms with Gasteiger partial charge in [-0.2, -0.15) is 4.57 Å². The number of para-hydroxylation sites is 1. The molecule has 3 heterocycles. The maximum atomic E-state index is 12.4. The normalized spacial score (nSPS) is 23.1. The van der Waals surface area contributed by atoms with Gasteiger partial charge in [-0.15, -0.1) is 0 Å². The molecule has 4 rings (SSSR count). The Kier molecular flexibility index (Phi) is 7.67. The molecule has 7 N–H and O–H groups in total. The van der Waals surface area contributed by atoms with E-state index in [-0.39, 0.29) is 31.0 Å². The van der Waals surface area contributed by atoms with Gasteiger partial charge in [-0.3, -0.25) is 9.59 Å². The van der Waals surface area contributed by atoms with Crippen LogP contribution >= 0.6 is 0 Å². The van der Waals surface area contributed by atoms with Gasteiger partial charge >= 0.3 is 5.97 Å². The highest BCUT2D eigenvalue weighted by atomic mass is 35.5. The minimum absolute atomic E-state index is 0. The Hall–Kier alpha value is -3.02. The quantitative estimate of drug-likeness (QED) is 0.173. The number of halogens is 1.